The third-order valence-electron chi connectivity index (χ3n) is 4.30. The molecule has 0 radical (unpaired) electrons. The molecule has 1 saturated carbocycles. The van der Waals surface area contributed by atoms with Crippen LogP contribution in [0.25, 0.3) is 0 Å². The predicted molar refractivity (Wildman–Crippen MR) is 76.6 cm³/mol. The smallest absolute Gasteiger partial charge is 0.225 e. The van der Waals surface area contributed by atoms with Gasteiger partial charge in [-0.15, -0.1) is 0 Å². The lowest BCUT2D eigenvalue weighted by molar-refractivity contribution is -0.135. The van der Waals surface area contributed by atoms with E-state index in [9.17, 15) is 4.79 Å². The molecule has 0 aromatic carbocycles. The normalized spacial score (nSPS) is 23.3. The van der Waals surface area contributed by atoms with Crippen molar-refractivity contribution in [3.63, 3.8) is 0 Å². The van der Waals surface area contributed by atoms with Crippen molar-refractivity contribution >= 4 is 5.91 Å². The maximum absolute atomic E-state index is 12.3. The summed E-state index contributed by atoms with van der Waals surface area (Å²) in [4.78, 5) is 17.3. The summed E-state index contributed by atoms with van der Waals surface area (Å²) < 4.78 is 0. The molecule has 0 saturated heterocycles. The van der Waals surface area contributed by atoms with Crippen molar-refractivity contribution in [2.24, 2.45) is 17.6 Å². The fraction of sp³-hybridized carbons (Fsp3) is 0.667. The van der Waals surface area contributed by atoms with Crippen molar-refractivity contribution in [2.75, 3.05) is 20.1 Å². The molecule has 4 nitrogen and oxygen atoms in total. The van der Waals surface area contributed by atoms with E-state index >= 15 is 0 Å². The Kier molecular flexibility index (Phi) is 5.02. The van der Waals surface area contributed by atoms with Gasteiger partial charge < -0.3 is 15.6 Å². The second-order valence-electron chi connectivity index (χ2n) is 5.68. The van der Waals surface area contributed by atoms with Gasteiger partial charge in [0.1, 0.15) is 0 Å². The Labute approximate surface area is 115 Å². The first-order valence-corrected chi connectivity index (χ1v) is 7.27. The molecule has 1 heterocycles. The van der Waals surface area contributed by atoms with Crippen molar-refractivity contribution in [3.8, 4) is 0 Å². The van der Waals surface area contributed by atoms with Crippen LogP contribution < -0.4 is 5.73 Å². The number of rotatable bonds is 5. The lowest BCUT2D eigenvalue weighted by atomic mass is 9.81. The van der Waals surface area contributed by atoms with E-state index in [1.807, 2.05) is 24.3 Å². The molecule has 1 aliphatic rings. The first-order valence-electron chi connectivity index (χ1n) is 7.27. The van der Waals surface area contributed by atoms with Crippen LogP contribution in [0.15, 0.2) is 18.5 Å². The van der Waals surface area contributed by atoms with E-state index in [1.54, 1.807) is 0 Å². The summed E-state index contributed by atoms with van der Waals surface area (Å²) in [5.74, 6) is 1.17. The van der Waals surface area contributed by atoms with Gasteiger partial charge in [-0.05, 0) is 56.2 Å². The Hall–Kier alpha value is -1.29. The number of nitrogens with two attached hydrogens (primary N) is 1. The summed E-state index contributed by atoms with van der Waals surface area (Å²) in [6, 6.07) is 2.06. The van der Waals surface area contributed by atoms with Gasteiger partial charge in [0.25, 0.3) is 0 Å². The Balaban J connectivity index is 1.76. The van der Waals surface area contributed by atoms with Crippen LogP contribution in [0.2, 0.25) is 0 Å². The number of H-pyrrole nitrogens is 1. The summed E-state index contributed by atoms with van der Waals surface area (Å²) in [6.07, 6.45) is 9.07. The average molecular weight is 263 g/mol. The molecule has 106 valence electrons. The van der Waals surface area contributed by atoms with Crippen molar-refractivity contribution in [1.29, 1.82) is 0 Å². The van der Waals surface area contributed by atoms with E-state index in [0.717, 1.165) is 45.2 Å². The number of nitrogens with zero attached hydrogens (tertiary/aromatic N) is 1. The third kappa shape index (κ3) is 3.83. The Morgan fingerprint density at radius 2 is 2.16 bits per heavy atom. The fourth-order valence-electron chi connectivity index (χ4n) is 2.88. The Bertz CT molecular complexity index is 380. The van der Waals surface area contributed by atoms with Gasteiger partial charge in [0.05, 0.1) is 0 Å². The largest absolute Gasteiger partial charge is 0.367 e. The second kappa shape index (κ2) is 6.75. The molecular weight excluding hydrogens is 238 g/mol. The number of carbonyl (C=O) groups is 1. The predicted octanol–water partition coefficient (Wildman–Crippen LogP) is 1.78. The van der Waals surface area contributed by atoms with Gasteiger partial charge >= 0.3 is 0 Å². The zero-order valence-corrected chi connectivity index (χ0v) is 11.8. The zero-order valence-electron chi connectivity index (χ0n) is 11.8. The lowest BCUT2D eigenvalue weighted by Crippen LogP contribution is -2.36. The molecule has 0 aliphatic heterocycles. The van der Waals surface area contributed by atoms with Crippen LogP contribution in [-0.4, -0.2) is 35.9 Å². The van der Waals surface area contributed by atoms with E-state index in [-0.39, 0.29) is 5.92 Å². The zero-order chi connectivity index (χ0) is 13.7. The molecule has 0 atom stereocenters. The summed E-state index contributed by atoms with van der Waals surface area (Å²) in [5, 5.41) is 0. The highest BCUT2D eigenvalue weighted by atomic mass is 16.2. The van der Waals surface area contributed by atoms with Gasteiger partial charge in [-0.1, -0.05) is 0 Å². The molecule has 4 heteroatoms. The first-order chi connectivity index (χ1) is 9.20. The highest BCUT2D eigenvalue weighted by molar-refractivity contribution is 5.78. The number of hydrogen-bond donors (Lipinski definition) is 2. The van der Waals surface area contributed by atoms with E-state index in [2.05, 4.69) is 11.1 Å². The molecule has 1 amide bonds. The highest BCUT2D eigenvalue weighted by Gasteiger charge is 2.27. The molecule has 3 N–H and O–H groups in total. The molecule has 1 fully saturated rings. The van der Waals surface area contributed by atoms with E-state index in [1.165, 1.54) is 5.56 Å². The maximum atomic E-state index is 12.3. The minimum atomic E-state index is 0.221. The SMILES string of the molecule is CN(CCc1cc[nH]c1)C(=O)C1CCC(CN)CC1. The number of hydrogen-bond acceptors (Lipinski definition) is 2. The number of carbonyl (C=O) groups excluding carboxylic acids is 1. The molecule has 1 aromatic rings. The quantitative estimate of drug-likeness (QED) is 0.850. The molecule has 19 heavy (non-hydrogen) atoms. The van der Waals surface area contributed by atoms with Gasteiger partial charge in [0, 0.05) is 31.9 Å². The fourth-order valence-corrected chi connectivity index (χ4v) is 2.88. The monoisotopic (exact) mass is 263 g/mol. The van der Waals surface area contributed by atoms with Crippen molar-refractivity contribution in [1.82, 2.24) is 9.88 Å². The van der Waals surface area contributed by atoms with Gasteiger partial charge in [-0.25, -0.2) is 0 Å². The summed E-state index contributed by atoms with van der Waals surface area (Å²) in [5.41, 5.74) is 6.94. The van der Waals surface area contributed by atoms with Crippen molar-refractivity contribution < 1.29 is 4.79 Å². The number of aromatic amines is 1. The van der Waals surface area contributed by atoms with Crippen LogP contribution >= 0.6 is 0 Å². The number of amides is 1. The molecule has 2 rings (SSSR count). The molecule has 1 aliphatic carbocycles. The molecule has 0 spiro atoms. The van der Waals surface area contributed by atoms with Crippen LogP contribution in [0, 0.1) is 11.8 Å². The average Bonchev–Trinajstić information content (AvgIpc) is 2.97. The molecule has 0 unspecified atom stereocenters. The summed E-state index contributed by atoms with van der Waals surface area (Å²) in [7, 11) is 1.92. The third-order valence-corrected chi connectivity index (χ3v) is 4.30. The van der Waals surface area contributed by atoms with E-state index in [4.69, 9.17) is 5.73 Å². The molecule has 0 bridgehead atoms. The number of likely N-dealkylation sites (N-methyl/N-ethyl adjacent to an activating group) is 1. The van der Waals surface area contributed by atoms with E-state index < -0.39 is 0 Å². The Morgan fingerprint density at radius 3 is 2.74 bits per heavy atom. The van der Waals surface area contributed by atoms with Crippen LogP contribution in [0.4, 0.5) is 0 Å². The number of nitrogens with one attached hydrogen (secondary N) is 1. The molecular formula is C15H25N3O. The van der Waals surface area contributed by atoms with Crippen LogP contribution in [0.1, 0.15) is 31.2 Å². The summed E-state index contributed by atoms with van der Waals surface area (Å²) >= 11 is 0. The van der Waals surface area contributed by atoms with Crippen molar-refractivity contribution in [2.45, 2.75) is 32.1 Å². The summed E-state index contributed by atoms with van der Waals surface area (Å²) in [6.45, 7) is 1.57. The highest BCUT2D eigenvalue weighted by Crippen LogP contribution is 2.29. The van der Waals surface area contributed by atoms with Gasteiger partial charge in [0.15, 0.2) is 0 Å². The number of aromatic nitrogens is 1. The standard InChI is InChI=1S/C15H25N3O/c1-18(9-7-13-6-8-17-11-13)15(19)14-4-2-12(10-16)3-5-14/h6,8,11-12,14,17H,2-5,7,9-10,16H2,1H3. The molecule has 1 aromatic heterocycles. The lowest BCUT2D eigenvalue weighted by Gasteiger charge is -2.30. The van der Waals surface area contributed by atoms with Gasteiger partial charge in [0.2, 0.25) is 5.91 Å². The topological polar surface area (TPSA) is 62.1 Å². The van der Waals surface area contributed by atoms with Crippen molar-refractivity contribution in [3.05, 3.63) is 24.0 Å². The van der Waals surface area contributed by atoms with Gasteiger partial charge in [-0.3, -0.25) is 4.79 Å². The maximum Gasteiger partial charge on any atom is 0.225 e. The van der Waals surface area contributed by atoms with Crippen LogP contribution in [-0.2, 0) is 11.2 Å². The van der Waals surface area contributed by atoms with Gasteiger partial charge in [-0.2, -0.15) is 0 Å². The van der Waals surface area contributed by atoms with E-state index in [0.29, 0.717) is 11.8 Å². The van der Waals surface area contributed by atoms with Crippen LogP contribution in [0.5, 0.6) is 0 Å². The second-order valence-corrected chi connectivity index (χ2v) is 5.68. The minimum Gasteiger partial charge on any atom is -0.367 e. The Morgan fingerprint density at radius 1 is 1.42 bits per heavy atom. The minimum absolute atomic E-state index is 0.221. The van der Waals surface area contributed by atoms with Crippen LogP contribution in [0.3, 0.4) is 0 Å². The first kappa shape index (κ1) is 14.1.